The maximum Gasteiger partial charge on any atom is 0.417 e. The van der Waals surface area contributed by atoms with Crippen molar-refractivity contribution < 1.29 is 31.9 Å². The molecule has 1 amide bonds. The molecule has 1 unspecified atom stereocenters. The summed E-state index contributed by atoms with van der Waals surface area (Å²) >= 11 is 0. The number of benzene rings is 2. The fraction of sp³-hybridized carbons (Fsp3) is 0.222. The van der Waals surface area contributed by atoms with Crippen LogP contribution in [0.25, 0.3) is 22.5 Å². The molecule has 0 radical (unpaired) electrons. The first-order chi connectivity index (χ1) is 19.0. The van der Waals surface area contributed by atoms with Crippen LogP contribution in [0.5, 0.6) is 0 Å². The molecular weight excluding hydrogens is 532 g/mol. The molecule has 0 saturated heterocycles. The number of alkyl halides is 3. The van der Waals surface area contributed by atoms with Crippen LogP contribution in [0.1, 0.15) is 34.1 Å². The average molecular weight is 557 g/mol. The largest absolute Gasteiger partial charge is 0.468 e. The summed E-state index contributed by atoms with van der Waals surface area (Å²) < 4.78 is 62.3. The first kappa shape index (κ1) is 28.4. The van der Waals surface area contributed by atoms with Crippen LogP contribution >= 0.6 is 0 Å². The molecule has 3 N–H and O–H groups in total. The predicted octanol–water partition coefficient (Wildman–Crippen LogP) is 4.56. The number of amides is 1. The number of carbonyl (C=O) groups excluding carboxylic acids is 2. The molecule has 0 bridgehead atoms. The third-order valence-corrected chi connectivity index (χ3v) is 6.00. The number of nitrogens with two attached hydrogens (primary N) is 1. The van der Waals surface area contributed by atoms with Crippen LogP contribution < -0.4 is 11.1 Å². The molecule has 4 aromatic rings. The van der Waals surface area contributed by atoms with Gasteiger partial charge in [0.1, 0.15) is 17.6 Å². The quantitative estimate of drug-likeness (QED) is 0.241. The standard InChI is InChI=1S/C27H24F4N6O3/c1-37-11-9-21(36-37)17-12-18(20(28)13-19(17)27(29,30)31)25(38)34-22-14-33-24(16(8-10-32)26(39)40-2)35-23(22)15-6-4-3-5-7-15/h3-7,9,11-14,16H,8,10,32H2,1-2H3,(H,34,38). The Morgan fingerprint density at radius 3 is 2.48 bits per heavy atom. The molecule has 0 aliphatic heterocycles. The summed E-state index contributed by atoms with van der Waals surface area (Å²) in [5.41, 5.74) is 3.94. The molecule has 208 valence electrons. The summed E-state index contributed by atoms with van der Waals surface area (Å²) in [5.74, 6) is -3.81. The van der Waals surface area contributed by atoms with Crippen LogP contribution in [-0.2, 0) is 22.8 Å². The Balaban J connectivity index is 1.79. The molecule has 40 heavy (non-hydrogen) atoms. The second kappa shape index (κ2) is 11.6. The van der Waals surface area contributed by atoms with Crippen molar-refractivity contribution in [1.82, 2.24) is 19.7 Å². The number of rotatable bonds is 8. The van der Waals surface area contributed by atoms with E-state index >= 15 is 0 Å². The van der Waals surface area contributed by atoms with Crippen molar-refractivity contribution in [3.05, 3.63) is 83.7 Å². The lowest BCUT2D eigenvalue weighted by atomic mass is 9.99. The van der Waals surface area contributed by atoms with Gasteiger partial charge >= 0.3 is 12.1 Å². The molecule has 13 heteroatoms. The number of esters is 1. The van der Waals surface area contributed by atoms with Crippen LogP contribution in [0.4, 0.5) is 23.2 Å². The van der Waals surface area contributed by atoms with Gasteiger partial charge in [-0.1, -0.05) is 30.3 Å². The Morgan fingerprint density at radius 1 is 1.15 bits per heavy atom. The van der Waals surface area contributed by atoms with E-state index in [0.29, 0.717) is 5.56 Å². The zero-order chi connectivity index (χ0) is 29.0. The Labute approximate surface area is 226 Å². The third-order valence-electron chi connectivity index (χ3n) is 6.00. The van der Waals surface area contributed by atoms with Crippen molar-refractivity contribution in [3.63, 3.8) is 0 Å². The summed E-state index contributed by atoms with van der Waals surface area (Å²) in [5, 5.41) is 6.48. The van der Waals surface area contributed by atoms with Gasteiger partial charge in [0.2, 0.25) is 0 Å². The van der Waals surface area contributed by atoms with Gasteiger partial charge in [0.05, 0.1) is 41.5 Å². The minimum absolute atomic E-state index is 0.0370. The van der Waals surface area contributed by atoms with E-state index in [9.17, 15) is 27.2 Å². The highest BCUT2D eigenvalue weighted by molar-refractivity contribution is 6.06. The molecule has 4 rings (SSSR count). The number of carbonyl (C=O) groups is 2. The fourth-order valence-electron chi connectivity index (χ4n) is 4.07. The van der Waals surface area contributed by atoms with Crippen molar-refractivity contribution in [2.75, 3.05) is 19.0 Å². The average Bonchev–Trinajstić information content (AvgIpc) is 3.37. The summed E-state index contributed by atoms with van der Waals surface area (Å²) in [4.78, 5) is 34.2. The van der Waals surface area contributed by atoms with E-state index < -0.39 is 46.5 Å². The van der Waals surface area contributed by atoms with Gasteiger partial charge in [0.25, 0.3) is 5.91 Å². The van der Waals surface area contributed by atoms with Gasteiger partial charge in [-0.3, -0.25) is 14.3 Å². The maximum absolute atomic E-state index is 15.0. The van der Waals surface area contributed by atoms with E-state index in [0.717, 1.165) is 6.07 Å². The summed E-state index contributed by atoms with van der Waals surface area (Å²) in [6, 6.07) is 11.0. The van der Waals surface area contributed by atoms with Gasteiger partial charge in [0, 0.05) is 24.4 Å². The number of ether oxygens (including phenoxy) is 1. The van der Waals surface area contributed by atoms with E-state index in [1.54, 1.807) is 30.3 Å². The minimum Gasteiger partial charge on any atom is -0.468 e. The first-order valence-corrected chi connectivity index (χ1v) is 12.0. The van der Waals surface area contributed by atoms with Gasteiger partial charge in [-0.05, 0) is 31.2 Å². The smallest absolute Gasteiger partial charge is 0.417 e. The minimum atomic E-state index is -4.90. The number of aromatic nitrogens is 4. The van der Waals surface area contributed by atoms with Crippen molar-refractivity contribution in [3.8, 4) is 22.5 Å². The van der Waals surface area contributed by atoms with Gasteiger partial charge in [-0.15, -0.1) is 0 Å². The van der Waals surface area contributed by atoms with E-state index in [1.165, 1.54) is 37.3 Å². The number of methoxy groups -OCH3 is 1. The molecule has 0 aliphatic carbocycles. The van der Waals surface area contributed by atoms with E-state index in [-0.39, 0.29) is 41.9 Å². The van der Waals surface area contributed by atoms with Crippen molar-refractivity contribution >= 4 is 17.6 Å². The van der Waals surface area contributed by atoms with Crippen LogP contribution in [0.3, 0.4) is 0 Å². The molecule has 1 atom stereocenters. The van der Waals surface area contributed by atoms with E-state index in [4.69, 9.17) is 10.5 Å². The van der Waals surface area contributed by atoms with Crippen LogP contribution in [0, 0.1) is 5.82 Å². The summed E-state index contributed by atoms with van der Waals surface area (Å²) in [6.45, 7) is 0.147. The first-order valence-electron chi connectivity index (χ1n) is 12.0. The Hall–Kier alpha value is -4.65. The van der Waals surface area contributed by atoms with Crippen molar-refractivity contribution in [2.24, 2.45) is 12.8 Å². The fourth-order valence-corrected chi connectivity index (χ4v) is 4.07. The number of anilines is 1. The van der Waals surface area contributed by atoms with E-state index in [2.05, 4.69) is 20.4 Å². The zero-order valence-corrected chi connectivity index (χ0v) is 21.4. The highest BCUT2D eigenvalue weighted by atomic mass is 19.4. The normalized spacial score (nSPS) is 12.2. The molecule has 2 aromatic heterocycles. The number of halogens is 4. The Kier molecular flexibility index (Phi) is 8.24. The van der Waals surface area contributed by atoms with Crippen LogP contribution in [0.2, 0.25) is 0 Å². The van der Waals surface area contributed by atoms with Gasteiger partial charge in [-0.25, -0.2) is 14.4 Å². The number of hydrogen-bond donors (Lipinski definition) is 2. The molecule has 2 aromatic carbocycles. The monoisotopic (exact) mass is 556 g/mol. The topological polar surface area (TPSA) is 125 Å². The van der Waals surface area contributed by atoms with Gasteiger partial charge in [-0.2, -0.15) is 18.3 Å². The highest BCUT2D eigenvalue weighted by Crippen LogP contribution is 2.38. The molecule has 2 heterocycles. The highest BCUT2D eigenvalue weighted by Gasteiger charge is 2.36. The zero-order valence-electron chi connectivity index (χ0n) is 21.4. The molecule has 0 aliphatic rings. The SMILES string of the molecule is COC(=O)C(CCN)c1ncc(NC(=O)c2cc(-c3ccn(C)n3)c(C(F)(F)F)cc2F)c(-c2ccccc2)n1. The second-order valence-corrected chi connectivity index (χ2v) is 8.71. The molecular formula is C27H24F4N6O3. The maximum atomic E-state index is 15.0. The predicted molar refractivity (Wildman–Crippen MR) is 137 cm³/mol. The number of nitrogens with zero attached hydrogens (tertiary/aromatic N) is 4. The lowest BCUT2D eigenvalue weighted by molar-refractivity contribution is -0.142. The molecule has 9 nitrogen and oxygen atoms in total. The van der Waals surface area contributed by atoms with Crippen LogP contribution in [0.15, 0.2) is 60.9 Å². The second-order valence-electron chi connectivity index (χ2n) is 8.71. The number of hydrogen-bond acceptors (Lipinski definition) is 7. The lowest BCUT2D eigenvalue weighted by Crippen LogP contribution is -2.21. The Bertz CT molecular complexity index is 1540. The van der Waals surface area contributed by atoms with Gasteiger partial charge in [0.15, 0.2) is 0 Å². The molecule has 0 fully saturated rings. The van der Waals surface area contributed by atoms with Crippen molar-refractivity contribution in [1.29, 1.82) is 0 Å². The summed E-state index contributed by atoms with van der Waals surface area (Å²) in [6.07, 6.45) is -2.04. The lowest BCUT2D eigenvalue weighted by Gasteiger charge is -2.17. The van der Waals surface area contributed by atoms with Crippen LogP contribution in [-0.4, -0.2) is 45.3 Å². The third kappa shape index (κ3) is 5.99. The van der Waals surface area contributed by atoms with Crippen molar-refractivity contribution in [2.45, 2.75) is 18.5 Å². The number of aryl methyl sites for hydroxylation is 1. The molecule has 0 saturated carbocycles. The Morgan fingerprint density at radius 2 is 1.88 bits per heavy atom. The van der Waals surface area contributed by atoms with E-state index in [1.807, 2.05) is 0 Å². The number of nitrogens with one attached hydrogen (secondary N) is 1. The van der Waals surface area contributed by atoms with Gasteiger partial charge < -0.3 is 15.8 Å². The summed E-state index contributed by atoms with van der Waals surface area (Å²) in [7, 11) is 2.73. The molecule has 0 spiro atoms.